The molecule has 0 radical (unpaired) electrons. The largest absolute Gasteiger partial charge is 0.367 e. The molecule has 3 rings (SSSR count). The normalized spacial score (nSPS) is 17.2. The molecular formula is C19H19ClFN3. The molecule has 1 aliphatic rings. The van der Waals surface area contributed by atoms with E-state index >= 15 is 0 Å². The van der Waals surface area contributed by atoms with Crippen molar-refractivity contribution in [2.45, 2.75) is 24.9 Å². The number of likely N-dealkylation sites (tertiary alicyclic amines) is 1. The Morgan fingerprint density at radius 2 is 1.88 bits per heavy atom. The molecule has 1 heterocycles. The molecule has 0 unspecified atom stereocenters. The van der Waals surface area contributed by atoms with Crippen molar-refractivity contribution in [1.82, 2.24) is 4.90 Å². The van der Waals surface area contributed by atoms with Gasteiger partial charge in [-0.2, -0.15) is 5.26 Å². The van der Waals surface area contributed by atoms with Crippen molar-refractivity contribution in [3.8, 4) is 6.07 Å². The third-order valence-electron chi connectivity index (χ3n) is 4.42. The molecule has 1 aliphatic heterocycles. The molecule has 0 atom stereocenters. The number of piperidine rings is 1. The molecule has 2 aromatic rings. The Morgan fingerprint density at radius 3 is 2.50 bits per heavy atom. The van der Waals surface area contributed by atoms with Crippen molar-refractivity contribution >= 4 is 17.3 Å². The highest BCUT2D eigenvalue weighted by molar-refractivity contribution is 6.30. The van der Waals surface area contributed by atoms with Crippen LogP contribution >= 0.6 is 11.6 Å². The first-order valence-corrected chi connectivity index (χ1v) is 8.38. The van der Waals surface area contributed by atoms with E-state index in [0.717, 1.165) is 19.6 Å². The molecule has 3 nitrogen and oxygen atoms in total. The number of anilines is 1. The number of halogens is 2. The van der Waals surface area contributed by atoms with Gasteiger partial charge in [-0.15, -0.1) is 0 Å². The van der Waals surface area contributed by atoms with E-state index in [9.17, 15) is 9.65 Å². The molecule has 1 fully saturated rings. The zero-order chi connectivity index (χ0) is 17.0. The van der Waals surface area contributed by atoms with E-state index in [1.165, 1.54) is 17.7 Å². The summed E-state index contributed by atoms with van der Waals surface area (Å²) in [6.45, 7) is 2.52. The van der Waals surface area contributed by atoms with E-state index in [-0.39, 0.29) is 0 Å². The third kappa shape index (κ3) is 4.05. The Bertz CT molecular complexity index is 714. The molecule has 0 spiro atoms. The van der Waals surface area contributed by atoms with Crippen LogP contribution in [0.15, 0.2) is 48.5 Å². The summed E-state index contributed by atoms with van der Waals surface area (Å²) in [7, 11) is 0. The molecular weight excluding hydrogens is 325 g/mol. The van der Waals surface area contributed by atoms with Gasteiger partial charge < -0.3 is 5.32 Å². The Hall–Kier alpha value is -2.09. The Labute approximate surface area is 146 Å². The maximum atomic E-state index is 13.5. The van der Waals surface area contributed by atoms with Gasteiger partial charge in [0.1, 0.15) is 11.4 Å². The molecule has 5 heteroatoms. The van der Waals surface area contributed by atoms with Gasteiger partial charge in [0, 0.05) is 30.3 Å². The van der Waals surface area contributed by atoms with E-state index in [1.807, 2.05) is 18.2 Å². The second-order valence-electron chi connectivity index (χ2n) is 6.24. The Morgan fingerprint density at radius 1 is 1.17 bits per heavy atom. The minimum absolute atomic E-state index is 0.326. The first kappa shape index (κ1) is 16.8. The topological polar surface area (TPSA) is 39.1 Å². The number of hydrogen-bond acceptors (Lipinski definition) is 3. The molecule has 0 saturated carbocycles. The SMILES string of the molecule is N#CC1(Nc2cc(F)cc(Cl)c2)CCN(Cc2ccccc2)CC1. The van der Waals surface area contributed by atoms with Crippen LogP contribution in [-0.2, 0) is 6.54 Å². The number of benzene rings is 2. The van der Waals surface area contributed by atoms with Crippen LogP contribution in [0.1, 0.15) is 18.4 Å². The van der Waals surface area contributed by atoms with Gasteiger partial charge in [0.2, 0.25) is 0 Å². The summed E-state index contributed by atoms with van der Waals surface area (Å²) in [5.74, 6) is -0.403. The van der Waals surface area contributed by atoms with Crippen LogP contribution in [0.4, 0.5) is 10.1 Å². The first-order valence-electron chi connectivity index (χ1n) is 8.00. The Balaban J connectivity index is 1.65. The summed E-state index contributed by atoms with van der Waals surface area (Å²) in [6.07, 6.45) is 1.37. The van der Waals surface area contributed by atoms with Crippen molar-refractivity contribution in [2.24, 2.45) is 0 Å². The fourth-order valence-corrected chi connectivity index (χ4v) is 3.32. The predicted molar refractivity (Wildman–Crippen MR) is 94.3 cm³/mol. The molecule has 0 bridgehead atoms. The lowest BCUT2D eigenvalue weighted by molar-refractivity contribution is 0.189. The van der Waals surface area contributed by atoms with E-state index in [4.69, 9.17) is 11.6 Å². The van der Waals surface area contributed by atoms with E-state index in [1.54, 1.807) is 6.07 Å². The maximum Gasteiger partial charge on any atom is 0.127 e. The average molecular weight is 344 g/mol. The van der Waals surface area contributed by atoms with Crippen LogP contribution in [0, 0.1) is 17.1 Å². The minimum atomic E-state index is -0.676. The van der Waals surface area contributed by atoms with Crippen LogP contribution in [0.3, 0.4) is 0 Å². The molecule has 2 aromatic carbocycles. The van der Waals surface area contributed by atoms with Gasteiger partial charge in [0.25, 0.3) is 0 Å². The van der Waals surface area contributed by atoms with E-state index < -0.39 is 11.4 Å². The summed E-state index contributed by atoms with van der Waals surface area (Å²) in [6, 6.07) is 17.0. The second kappa shape index (κ2) is 7.21. The predicted octanol–water partition coefficient (Wildman–Crippen LogP) is 4.45. The van der Waals surface area contributed by atoms with Gasteiger partial charge >= 0.3 is 0 Å². The van der Waals surface area contributed by atoms with Gasteiger partial charge in [-0.05, 0) is 36.6 Å². The minimum Gasteiger partial charge on any atom is -0.367 e. The van der Waals surface area contributed by atoms with Crippen molar-refractivity contribution in [2.75, 3.05) is 18.4 Å². The lowest BCUT2D eigenvalue weighted by Gasteiger charge is -2.38. The summed E-state index contributed by atoms with van der Waals surface area (Å²) in [5, 5.41) is 13.2. The van der Waals surface area contributed by atoms with Gasteiger partial charge in [0.15, 0.2) is 0 Å². The van der Waals surface area contributed by atoms with Crippen molar-refractivity contribution in [1.29, 1.82) is 5.26 Å². The molecule has 24 heavy (non-hydrogen) atoms. The molecule has 124 valence electrons. The Kier molecular flexibility index (Phi) is 5.03. The molecule has 0 amide bonds. The molecule has 0 aromatic heterocycles. The van der Waals surface area contributed by atoms with Crippen molar-refractivity contribution < 1.29 is 4.39 Å². The highest BCUT2D eigenvalue weighted by Gasteiger charge is 2.34. The average Bonchev–Trinajstić information content (AvgIpc) is 2.57. The third-order valence-corrected chi connectivity index (χ3v) is 4.64. The highest BCUT2D eigenvalue weighted by Crippen LogP contribution is 2.29. The van der Waals surface area contributed by atoms with E-state index in [2.05, 4.69) is 28.4 Å². The van der Waals surface area contributed by atoms with Crippen LogP contribution in [0.5, 0.6) is 0 Å². The smallest absolute Gasteiger partial charge is 0.127 e. The summed E-state index contributed by atoms with van der Waals surface area (Å²) in [4.78, 5) is 2.34. The highest BCUT2D eigenvalue weighted by atomic mass is 35.5. The van der Waals surface area contributed by atoms with Gasteiger partial charge in [-0.3, -0.25) is 4.90 Å². The zero-order valence-electron chi connectivity index (χ0n) is 13.3. The second-order valence-corrected chi connectivity index (χ2v) is 6.68. The maximum absolute atomic E-state index is 13.5. The lowest BCUT2D eigenvalue weighted by atomic mass is 9.88. The monoisotopic (exact) mass is 343 g/mol. The van der Waals surface area contributed by atoms with Gasteiger partial charge in [-0.25, -0.2) is 4.39 Å². The number of nitriles is 1. The number of hydrogen-bond donors (Lipinski definition) is 1. The summed E-state index contributed by atoms with van der Waals surface area (Å²) >= 11 is 5.90. The van der Waals surface area contributed by atoms with Crippen LogP contribution in [-0.4, -0.2) is 23.5 Å². The molecule has 1 N–H and O–H groups in total. The van der Waals surface area contributed by atoms with Gasteiger partial charge in [-0.1, -0.05) is 41.9 Å². The molecule has 0 aliphatic carbocycles. The number of nitrogens with zero attached hydrogens (tertiary/aromatic N) is 2. The summed E-state index contributed by atoms with van der Waals surface area (Å²) in [5.41, 5.74) is 1.15. The molecule has 1 saturated heterocycles. The number of rotatable bonds is 4. The van der Waals surface area contributed by atoms with E-state index in [0.29, 0.717) is 23.6 Å². The zero-order valence-corrected chi connectivity index (χ0v) is 14.1. The van der Waals surface area contributed by atoms with Gasteiger partial charge in [0.05, 0.1) is 6.07 Å². The van der Waals surface area contributed by atoms with Crippen LogP contribution in [0.25, 0.3) is 0 Å². The quantitative estimate of drug-likeness (QED) is 0.891. The summed E-state index contributed by atoms with van der Waals surface area (Å²) < 4.78 is 13.5. The number of nitrogens with one attached hydrogen (secondary N) is 1. The van der Waals surface area contributed by atoms with Crippen molar-refractivity contribution in [3.63, 3.8) is 0 Å². The fraction of sp³-hybridized carbons (Fsp3) is 0.316. The van der Waals surface area contributed by atoms with Crippen LogP contribution < -0.4 is 5.32 Å². The first-order chi connectivity index (χ1) is 11.6. The standard InChI is InChI=1S/C19H19ClFN3/c20-16-10-17(21)12-18(11-16)23-19(14-22)6-8-24(9-7-19)13-15-4-2-1-3-5-15/h1-5,10-12,23H,6-9,13H2. The lowest BCUT2D eigenvalue weighted by Crippen LogP contribution is -2.48. The van der Waals surface area contributed by atoms with Crippen LogP contribution in [0.2, 0.25) is 5.02 Å². The fourth-order valence-electron chi connectivity index (χ4n) is 3.10. The van der Waals surface area contributed by atoms with Crippen molar-refractivity contribution in [3.05, 3.63) is 64.9 Å².